The Balaban J connectivity index is 1.43. The van der Waals surface area contributed by atoms with Gasteiger partial charge in [-0.2, -0.15) is 0 Å². The van der Waals surface area contributed by atoms with Crippen LogP contribution in [0.1, 0.15) is 27.8 Å². The number of methoxy groups -OCH3 is 2. The van der Waals surface area contributed by atoms with E-state index in [2.05, 4.69) is 84.2 Å². The van der Waals surface area contributed by atoms with Gasteiger partial charge in [-0.1, -0.05) is 140 Å². The van der Waals surface area contributed by atoms with Crippen molar-refractivity contribution in [3.63, 3.8) is 0 Å². The van der Waals surface area contributed by atoms with Crippen LogP contribution in [0.2, 0.25) is 0 Å². The fourth-order valence-corrected chi connectivity index (χ4v) is 6.07. The van der Waals surface area contributed by atoms with E-state index >= 15 is 0 Å². The molecule has 4 nitrogen and oxygen atoms in total. The minimum absolute atomic E-state index is 0.412. The topological polar surface area (TPSA) is 54.3 Å². The average Bonchev–Trinajstić information content (AvgIpc) is 3.15. The van der Waals surface area contributed by atoms with Gasteiger partial charge in [0.2, 0.25) is 0 Å². The predicted molar refractivity (Wildman–Crippen MR) is 194 cm³/mol. The molecule has 0 aromatic heterocycles. The molecule has 6 aromatic rings. The summed E-state index contributed by atoms with van der Waals surface area (Å²) in [4.78, 5) is 0. The van der Waals surface area contributed by atoms with Crippen molar-refractivity contribution < 1.29 is 9.47 Å². The van der Waals surface area contributed by atoms with E-state index in [1.165, 1.54) is 0 Å². The van der Waals surface area contributed by atoms with Crippen molar-refractivity contribution in [3.8, 4) is 33.8 Å². The molecule has 1 aliphatic heterocycles. The standard InChI is InChI=1S/C43H34N2O2/c1-46-39-27-36-26-38(33-16-10-5-11-17-33)45-43(37(36)28-40(39)47-2)41(34-22-18-31(19-23-34)29-12-6-3-7-13-29)42(44)35-24-20-32(21-25-35)30-14-8-4-9-15-30/h3-28,44-45H,1-2H3/b43-41-,44-42?. The number of benzene rings is 6. The van der Waals surface area contributed by atoms with Crippen LogP contribution in [0.25, 0.3) is 45.3 Å². The molecule has 0 unspecified atom stereocenters. The predicted octanol–water partition coefficient (Wildman–Crippen LogP) is 10.1. The second-order valence-corrected chi connectivity index (χ2v) is 11.4. The first kappa shape index (κ1) is 29.6. The molecular formula is C43H34N2O2. The minimum atomic E-state index is 0.412. The Kier molecular flexibility index (Phi) is 8.23. The van der Waals surface area contributed by atoms with Gasteiger partial charge in [-0.3, -0.25) is 5.41 Å². The molecule has 0 atom stereocenters. The molecular weight excluding hydrogens is 576 g/mol. The molecule has 0 aliphatic carbocycles. The van der Waals surface area contributed by atoms with Crippen LogP contribution in [0.15, 0.2) is 152 Å². The quantitative estimate of drug-likeness (QED) is 0.169. The maximum Gasteiger partial charge on any atom is 0.161 e. The molecule has 1 heterocycles. The van der Waals surface area contributed by atoms with E-state index in [-0.39, 0.29) is 0 Å². The fourth-order valence-electron chi connectivity index (χ4n) is 6.07. The zero-order valence-electron chi connectivity index (χ0n) is 26.3. The van der Waals surface area contributed by atoms with Crippen LogP contribution < -0.4 is 14.8 Å². The third-order valence-corrected chi connectivity index (χ3v) is 8.53. The molecule has 0 radical (unpaired) electrons. The van der Waals surface area contributed by atoms with Crippen LogP contribution in [0, 0.1) is 5.41 Å². The maximum atomic E-state index is 9.77. The van der Waals surface area contributed by atoms with Crippen molar-refractivity contribution in [1.82, 2.24) is 5.32 Å². The molecule has 2 N–H and O–H groups in total. The summed E-state index contributed by atoms with van der Waals surface area (Å²) in [6.45, 7) is 0. The highest BCUT2D eigenvalue weighted by Gasteiger charge is 2.26. The summed E-state index contributed by atoms with van der Waals surface area (Å²) in [5, 5.41) is 13.5. The Labute approximate surface area is 275 Å². The van der Waals surface area contributed by atoms with Crippen molar-refractivity contribution >= 4 is 28.8 Å². The van der Waals surface area contributed by atoms with Gasteiger partial charge in [0.15, 0.2) is 11.5 Å². The highest BCUT2D eigenvalue weighted by molar-refractivity contribution is 6.36. The number of hydrogen-bond donors (Lipinski definition) is 2. The molecule has 0 spiro atoms. The fraction of sp³-hybridized carbons (Fsp3) is 0.0465. The summed E-state index contributed by atoms with van der Waals surface area (Å²) in [5.41, 5.74) is 12.2. The lowest BCUT2D eigenvalue weighted by atomic mass is 9.87. The van der Waals surface area contributed by atoms with E-state index in [0.717, 1.165) is 67.0 Å². The van der Waals surface area contributed by atoms with E-state index in [1.807, 2.05) is 78.9 Å². The van der Waals surface area contributed by atoms with E-state index < -0.39 is 0 Å². The molecule has 0 amide bonds. The third kappa shape index (κ3) is 5.97. The lowest BCUT2D eigenvalue weighted by molar-refractivity contribution is 0.354. The summed E-state index contributed by atoms with van der Waals surface area (Å²) < 4.78 is 11.5. The zero-order chi connectivity index (χ0) is 32.2. The Hall–Kier alpha value is -6.13. The second-order valence-electron chi connectivity index (χ2n) is 11.4. The monoisotopic (exact) mass is 610 g/mol. The van der Waals surface area contributed by atoms with Crippen LogP contribution in [-0.2, 0) is 0 Å². The number of ether oxygens (including phenoxy) is 2. The lowest BCUT2D eigenvalue weighted by Gasteiger charge is -2.27. The maximum absolute atomic E-state index is 9.77. The van der Waals surface area contributed by atoms with Crippen LogP contribution in [0.3, 0.4) is 0 Å². The Bertz CT molecular complexity index is 2100. The number of allylic oxidation sites excluding steroid dienone is 1. The summed E-state index contributed by atoms with van der Waals surface area (Å²) in [6, 6.07) is 51.6. The van der Waals surface area contributed by atoms with Gasteiger partial charge in [-0.05, 0) is 57.2 Å². The van der Waals surface area contributed by atoms with Gasteiger partial charge in [-0.15, -0.1) is 0 Å². The zero-order valence-corrected chi connectivity index (χ0v) is 26.3. The molecule has 0 bridgehead atoms. The highest BCUT2D eigenvalue weighted by Crippen LogP contribution is 2.41. The average molecular weight is 611 g/mol. The van der Waals surface area contributed by atoms with E-state index in [4.69, 9.17) is 9.47 Å². The van der Waals surface area contributed by atoms with Crippen LogP contribution in [0.5, 0.6) is 11.5 Å². The van der Waals surface area contributed by atoms with Gasteiger partial charge >= 0.3 is 0 Å². The molecule has 228 valence electrons. The molecule has 6 aromatic carbocycles. The van der Waals surface area contributed by atoms with E-state index in [1.54, 1.807) is 14.2 Å². The van der Waals surface area contributed by atoms with Gasteiger partial charge in [0.1, 0.15) is 0 Å². The highest BCUT2D eigenvalue weighted by atomic mass is 16.5. The lowest BCUT2D eigenvalue weighted by Crippen LogP contribution is -2.20. The van der Waals surface area contributed by atoms with Crippen LogP contribution in [-0.4, -0.2) is 19.9 Å². The van der Waals surface area contributed by atoms with Gasteiger partial charge in [0.05, 0.1) is 25.6 Å². The number of rotatable bonds is 8. The van der Waals surface area contributed by atoms with Crippen molar-refractivity contribution in [2.75, 3.05) is 14.2 Å². The number of hydrogen-bond acceptors (Lipinski definition) is 4. The van der Waals surface area contributed by atoms with Gasteiger partial charge in [0.25, 0.3) is 0 Å². The Morgan fingerprint density at radius 2 is 0.957 bits per heavy atom. The molecule has 47 heavy (non-hydrogen) atoms. The molecule has 1 aliphatic rings. The van der Waals surface area contributed by atoms with Gasteiger partial charge in [0, 0.05) is 22.4 Å². The second kappa shape index (κ2) is 13.1. The summed E-state index contributed by atoms with van der Waals surface area (Å²) in [7, 11) is 3.30. The first-order valence-corrected chi connectivity index (χ1v) is 15.6. The van der Waals surface area contributed by atoms with Gasteiger partial charge in [-0.25, -0.2) is 0 Å². The van der Waals surface area contributed by atoms with E-state index in [9.17, 15) is 5.41 Å². The van der Waals surface area contributed by atoms with Crippen LogP contribution >= 0.6 is 0 Å². The first-order valence-electron chi connectivity index (χ1n) is 15.6. The molecule has 7 rings (SSSR count). The number of fused-ring (bicyclic) bond motifs is 1. The Morgan fingerprint density at radius 3 is 1.47 bits per heavy atom. The van der Waals surface area contributed by atoms with Crippen molar-refractivity contribution in [2.24, 2.45) is 0 Å². The normalized spacial score (nSPS) is 13.1. The smallest absolute Gasteiger partial charge is 0.161 e. The Morgan fingerprint density at radius 1 is 0.511 bits per heavy atom. The van der Waals surface area contributed by atoms with Crippen LogP contribution in [0.4, 0.5) is 0 Å². The van der Waals surface area contributed by atoms with Crippen molar-refractivity contribution in [1.29, 1.82) is 5.41 Å². The molecule has 0 fully saturated rings. The van der Waals surface area contributed by atoms with Crippen molar-refractivity contribution in [2.45, 2.75) is 0 Å². The molecule has 4 heteroatoms. The summed E-state index contributed by atoms with van der Waals surface area (Å²) in [6.07, 6.45) is 2.13. The SMILES string of the molecule is COc1cc2c(cc1OC)/C(=C(/C(=N)c1ccc(-c3ccccc3)cc1)c1ccc(-c3ccccc3)cc1)NC(c1ccccc1)=C2. The summed E-state index contributed by atoms with van der Waals surface area (Å²) >= 11 is 0. The van der Waals surface area contributed by atoms with Crippen molar-refractivity contribution in [3.05, 3.63) is 179 Å². The van der Waals surface area contributed by atoms with E-state index in [0.29, 0.717) is 17.2 Å². The first-order chi connectivity index (χ1) is 23.1. The number of nitrogens with one attached hydrogen (secondary N) is 2. The van der Waals surface area contributed by atoms with Gasteiger partial charge < -0.3 is 14.8 Å². The third-order valence-electron chi connectivity index (χ3n) is 8.53. The largest absolute Gasteiger partial charge is 0.493 e. The molecule has 0 saturated heterocycles. The molecule has 0 saturated carbocycles. The minimum Gasteiger partial charge on any atom is -0.493 e. The summed E-state index contributed by atoms with van der Waals surface area (Å²) in [5.74, 6) is 1.27.